The Labute approximate surface area is 156 Å². The third-order valence-electron chi connectivity index (χ3n) is 6.01. The van der Waals surface area contributed by atoms with Crippen molar-refractivity contribution >= 4 is 5.91 Å². The molecule has 144 valence electrons. The van der Waals surface area contributed by atoms with Gasteiger partial charge in [0.05, 0.1) is 13.2 Å². The molecule has 4 rings (SSSR count). The minimum Gasteiger partial charge on any atom is -0.379 e. The molecular formula is C20H32N4O2. The quantitative estimate of drug-likeness (QED) is 0.747. The van der Waals surface area contributed by atoms with Gasteiger partial charge in [0.2, 0.25) is 5.91 Å². The number of piperidine rings is 1. The minimum absolute atomic E-state index is 0.322. The van der Waals surface area contributed by atoms with E-state index in [1.807, 2.05) is 6.20 Å². The first-order chi connectivity index (χ1) is 12.8. The van der Waals surface area contributed by atoms with E-state index in [1.165, 1.54) is 18.7 Å². The number of hydrogen-bond acceptors (Lipinski definition) is 4. The fourth-order valence-corrected chi connectivity index (χ4v) is 4.26. The Morgan fingerprint density at radius 2 is 2.04 bits per heavy atom. The number of aromatic nitrogens is 2. The van der Waals surface area contributed by atoms with Gasteiger partial charge in [-0.2, -0.15) is 0 Å². The summed E-state index contributed by atoms with van der Waals surface area (Å²) >= 11 is 0. The van der Waals surface area contributed by atoms with Crippen LogP contribution in [0.4, 0.5) is 0 Å². The van der Waals surface area contributed by atoms with E-state index in [-0.39, 0.29) is 0 Å². The first-order valence-corrected chi connectivity index (χ1v) is 10.4. The van der Waals surface area contributed by atoms with Crippen LogP contribution >= 0.6 is 0 Å². The largest absolute Gasteiger partial charge is 0.379 e. The zero-order chi connectivity index (χ0) is 17.8. The van der Waals surface area contributed by atoms with Gasteiger partial charge in [0.25, 0.3) is 0 Å². The molecule has 2 saturated heterocycles. The van der Waals surface area contributed by atoms with Crippen LogP contribution < -0.4 is 0 Å². The zero-order valence-electron chi connectivity index (χ0n) is 15.8. The summed E-state index contributed by atoms with van der Waals surface area (Å²) in [7, 11) is 0. The van der Waals surface area contributed by atoms with Crippen LogP contribution in [0.15, 0.2) is 12.4 Å². The van der Waals surface area contributed by atoms with Crippen molar-refractivity contribution in [3.8, 4) is 0 Å². The number of carbonyl (C=O) groups is 1. The van der Waals surface area contributed by atoms with Gasteiger partial charge in [-0.1, -0.05) is 0 Å². The SMILES string of the molecule is O=C(CCCN1CCOCC1)N1CCC[C@@H](c2nccn2CC2CC2)C1. The van der Waals surface area contributed by atoms with Crippen molar-refractivity contribution in [1.29, 1.82) is 0 Å². The van der Waals surface area contributed by atoms with Crippen molar-refractivity contribution in [2.45, 2.75) is 51.0 Å². The van der Waals surface area contributed by atoms with Gasteiger partial charge in [-0.15, -0.1) is 0 Å². The summed E-state index contributed by atoms with van der Waals surface area (Å²) in [5.74, 6) is 2.77. The Morgan fingerprint density at radius 3 is 2.85 bits per heavy atom. The van der Waals surface area contributed by atoms with Crippen molar-refractivity contribution in [2.24, 2.45) is 5.92 Å². The monoisotopic (exact) mass is 360 g/mol. The molecule has 0 unspecified atom stereocenters. The zero-order valence-corrected chi connectivity index (χ0v) is 15.8. The highest BCUT2D eigenvalue weighted by atomic mass is 16.5. The maximum absolute atomic E-state index is 12.7. The van der Waals surface area contributed by atoms with Crippen molar-refractivity contribution in [1.82, 2.24) is 19.4 Å². The highest BCUT2D eigenvalue weighted by molar-refractivity contribution is 5.76. The van der Waals surface area contributed by atoms with Gasteiger partial charge in [-0.3, -0.25) is 9.69 Å². The molecule has 0 N–H and O–H groups in total. The maximum Gasteiger partial charge on any atom is 0.222 e. The summed E-state index contributed by atoms with van der Waals surface area (Å²) in [4.78, 5) is 21.8. The Kier molecular flexibility index (Phi) is 5.90. The second-order valence-corrected chi connectivity index (χ2v) is 8.12. The van der Waals surface area contributed by atoms with E-state index in [0.717, 1.165) is 77.7 Å². The average molecular weight is 361 g/mol. The van der Waals surface area contributed by atoms with E-state index >= 15 is 0 Å². The highest BCUT2D eigenvalue weighted by Crippen LogP contribution is 2.33. The molecule has 6 nitrogen and oxygen atoms in total. The molecule has 3 heterocycles. The number of nitrogens with zero attached hydrogens (tertiary/aromatic N) is 4. The highest BCUT2D eigenvalue weighted by Gasteiger charge is 2.29. The summed E-state index contributed by atoms with van der Waals surface area (Å²) in [6.45, 7) is 7.55. The lowest BCUT2D eigenvalue weighted by atomic mass is 9.96. The number of ether oxygens (including phenoxy) is 1. The summed E-state index contributed by atoms with van der Waals surface area (Å²) in [5, 5.41) is 0. The van der Waals surface area contributed by atoms with E-state index in [1.54, 1.807) is 0 Å². The lowest BCUT2D eigenvalue weighted by molar-refractivity contribution is -0.132. The fraction of sp³-hybridized carbons (Fsp3) is 0.800. The number of rotatable bonds is 7. The molecule has 3 fully saturated rings. The molecule has 1 amide bonds. The predicted molar refractivity (Wildman–Crippen MR) is 100.0 cm³/mol. The van der Waals surface area contributed by atoms with Crippen LogP contribution in [0, 0.1) is 5.92 Å². The van der Waals surface area contributed by atoms with Crippen LogP contribution in [0.2, 0.25) is 0 Å². The van der Waals surface area contributed by atoms with Crippen molar-refractivity contribution < 1.29 is 9.53 Å². The van der Waals surface area contributed by atoms with E-state index < -0.39 is 0 Å². The van der Waals surface area contributed by atoms with Gasteiger partial charge in [0, 0.05) is 57.5 Å². The third-order valence-corrected chi connectivity index (χ3v) is 6.01. The molecule has 2 aliphatic heterocycles. The normalized spacial score (nSPS) is 24.8. The number of imidazole rings is 1. The fourth-order valence-electron chi connectivity index (χ4n) is 4.26. The number of likely N-dealkylation sites (tertiary alicyclic amines) is 1. The molecule has 1 aromatic heterocycles. The topological polar surface area (TPSA) is 50.6 Å². The van der Waals surface area contributed by atoms with Gasteiger partial charge in [-0.05, 0) is 44.6 Å². The smallest absolute Gasteiger partial charge is 0.222 e. The molecule has 0 spiro atoms. The Bertz CT molecular complexity index is 592. The van der Waals surface area contributed by atoms with Crippen LogP contribution in [0.3, 0.4) is 0 Å². The summed E-state index contributed by atoms with van der Waals surface area (Å²) in [5.41, 5.74) is 0. The summed E-state index contributed by atoms with van der Waals surface area (Å²) in [6, 6.07) is 0. The third kappa shape index (κ3) is 4.65. The molecule has 0 bridgehead atoms. The second kappa shape index (κ2) is 8.53. The van der Waals surface area contributed by atoms with Crippen LogP contribution in [0.1, 0.15) is 50.3 Å². The predicted octanol–water partition coefficient (Wildman–Crippen LogP) is 2.11. The maximum atomic E-state index is 12.7. The van der Waals surface area contributed by atoms with E-state index in [4.69, 9.17) is 4.74 Å². The van der Waals surface area contributed by atoms with Gasteiger partial charge in [0.1, 0.15) is 5.82 Å². The lowest BCUT2D eigenvalue weighted by Gasteiger charge is -2.33. The van der Waals surface area contributed by atoms with Crippen LogP contribution in [0.25, 0.3) is 0 Å². The molecule has 0 radical (unpaired) electrons. The molecule has 0 aromatic carbocycles. The summed E-state index contributed by atoms with van der Waals surface area (Å²) in [6.07, 6.45) is 10.6. The lowest BCUT2D eigenvalue weighted by Crippen LogP contribution is -2.40. The van der Waals surface area contributed by atoms with Crippen molar-refractivity contribution in [3.05, 3.63) is 18.2 Å². The van der Waals surface area contributed by atoms with E-state index in [0.29, 0.717) is 18.2 Å². The average Bonchev–Trinajstić information content (AvgIpc) is 3.37. The first kappa shape index (κ1) is 18.0. The molecule has 1 saturated carbocycles. The Morgan fingerprint density at radius 1 is 1.19 bits per heavy atom. The van der Waals surface area contributed by atoms with Crippen LogP contribution in [-0.4, -0.2) is 71.2 Å². The molecule has 1 aliphatic carbocycles. The van der Waals surface area contributed by atoms with Crippen LogP contribution in [-0.2, 0) is 16.1 Å². The van der Waals surface area contributed by atoms with E-state index in [2.05, 4.69) is 25.5 Å². The molecule has 1 atom stereocenters. The van der Waals surface area contributed by atoms with Gasteiger partial charge >= 0.3 is 0 Å². The number of amides is 1. The number of hydrogen-bond donors (Lipinski definition) is 0. The Balaban J connectivity index is 1.26. The number of carbonyl (C=O) groups excluding carboxylic acids is 1. The van der Waals surface area contributed by atoms with Crippen molar-refractivity contribution in [3.63, 3.8) is 0 Å². The standard InChI is InChI=1S/C20H32N4O2/c25-19(4-2-8-22-11-13-26-14-12-22)23-9-1-3-18(16-23)20-21-7-10-24(20)15-17-5-6-17/h7,10,17-18H,1-6,8-9,11-16H2/t18-/m1/s1. The molecule has 1 aromatic rings. The first-order valence-electron chi connectivity index (χ1n) is 10.4. The van der Waals surface area contributed by atoms with Gasteiger partial charge in [0.15, 0.2) is 0 Å². The molecule has 3 aliphatic rings. The number of morpholine rings is 1. The second-order valence-electron chi connectivity index (χ2n) is 8.12. The Hall–Kier alpha value is -1.40. The molecule has 26 heavy (non-hydrogen) atoms. The minimum atomic E-state index is 0.322. The van der Waals surface area contributed by atoms with Gasteiger partial charge in [-0.25, -0.2) is 4.98 Å². The van der Waals surface area contributed by atoms with Gasteiger partial charge < -0.3 is 14.2 Å². The van der Waals surface area contributed by atoms with E-state index in [9.17, 15) is 4.79 Å². The van der Waals surface area contributed by atoms with Crippen molar-refractivity contribution in [2.75, 3.05) is 45.9 Å². The van der Waals surface area contributed by atoms with Crippen LogP contribution in [0.5, 0.6) is 0 Å². The molecular weight excluding hydrogens is 328 g/mol. The molecule has 6 heteroatoms. The summed E-state index contributed by atoms with van der Waals surface area (Å²) < 4.78 is 7.72.